The van der Waals surface area contributed by atoms with Gasteiger partial charge in [-0.15, -0.1) is 0 Å². The molecule has 1 unspecified atom stereocenters. The van der Waals surface area contributed by atoms with Crippen LogP contribution >= 0.6 is 0 Å². The van der Waals surface area contributed by atoms with E-state index in [1.165, 1.54) is 36.9 Å². The molecule has 1 aromatic rings. The maximum absolute atomic E-state index is 3.84. The van der Waals surface area contributed by atoms with Crippen molar-refractivity contribution in [2.24, 2.45) is 5.92 Å². The molecule has 1 atom stereocenters. The summed E-state index contributed by atoms with van der Waals surface area (Å²) >= 11 is 0. The van der Waals surface area contributed by atoms with Crippen LogP contribution in [-0.2, 0) is 6.42 Å². The van der Waals surface area contributed by atoms with Crippen LogP contribution in [0.15, 0.2) is 24.3 Å². The van der Waals surface area contributed by atoms with Gasteiger partial charge in [-0.05, 0) is 43.2 Å². The van der Waals surface area contributed by atoms with Crippen molar-refractivity contribution in [3.63, 3.8) is 0 Å². The van der Waals surface area contributed by atoms with Gasteiger partial charge in [-0.2, -0.15) is 0 Å². The van der Waals surface area contributed by atoms with Crippen LogP contribution in [0, 0.1) is 5.92 Å². The highest BCUT2D eigenvalue weighted by atomic mass is 15.0. The Kier molecular flexibility index (Phi) is 4.87. The van der Waals surface area contributed by atoms with E-state index in [-0.39, 0.29) is 0 Å². The molecule has 1 aliphatic rings. The molecule has 0 radical (unpaired) electrons. The standard InChI is InChI=1S/C17H28N2/c1-4-17(5-2,6-3)19-13-14-11-15-9-7-8-10-16(15)18-12-14/h7-10,14,18-19H,4-6,11-13H2,1-3H3. The summed E-state index contributed by atoms with van der Waals surface area (Å²) in [6.07, 6.45) is 4.85. The Morgan fingerprint density at radius 1 is 1.16 bits per heavy atom. The molecule has 0 saturated carbocycles. The molecule has 0 saturated heterocycles. The molecule has 2 N–H and O–H groups in total. The summed E-state index contributed by atoms with van der Waals surface area (Å²) in [6.45, 7) is 9.12. The Morgan fingerprint density at radius 3 is 2.53 bits per heavy atom. The number of hydrogen-bond donors (Lipinski definition) is 2. The summed E-state index contributed by atoms with van der Waals surface area (Å²) < 4.78 is 0. The maximum Gasteiger partial charge on any atom is 0.0372 e. The van der Waals surface area contributed by atoms with Crippen LogP contribution in [0.2, 0.25) is 0 Å². The normalized spacial score (nSPS) is 18.8. The molecule has 0 spiro atoms. The number of rotatable bonds is 6. The van der Waals surface area contributed by atoms with Gasteiger partial charge in [0, 0.05) is 24.3 Å². The van der Waals surface area contributed by atoms with Crippen LogP contribution in [0.1, 0.15) is 45.6 Å². The van der Waals surface area contributed by atoms with Gasteiger partial charge in [-0.3, -0.25) is 0 Å². The van der Waals surface area contributed by atoms with E-state index in [1.54, 1.807) is 0 Å². The molecule has 2 heteroatoms. The summed E-state index contributed by atoms with van der Waals surface area (Å²) in [5.41, 5.74) is 3.14. The van der Waals surface area contributed by atoms with Gasteiger partial charge in [0.2, 0.25) is 0 Å². The zero-order chi connectivity index (χ0) is 13.7. The van der Waals surface area contributed by atoms with Crippen LogP contribution in [0.25, 0.3) is 0 Å². The predicted octanol–water partition coefficient (Wildman–Crippen LogP) is 3.83. The lowest BCUT2D eigenvalue weighted by molar-refractivity contribution is 0.270. The zero-order valence-corrected chi connectivity index (χ0v) is 12.6. The molecule has 19 heavy (non-hydrogen) atoms. The molecule has 1 aliphatic heterocycles. The number of benzene rings is 1. The minimum Gasteiger partial charge on any atom is -0.384 e. The van der Waals surface area contributed by atoms with E-state index in [9.17, 15) is 0 Å². The van der Waals surface area contributed by atoms with Gasteiger partial charge in [0.15, 0.2) is 0 Å². The maximum atomic E-state index is 3.84. The third kappa shape index (κ3) is 3.30. The first-order valence-electron chi connectivity index (χ1n) is 7.79. The van der Waals surface area contributed by atoms with Crippen molar-refractivity contribution in [1.29, 1.82) is 0 Å². The minimum absolute atomic E-state index is 0.344. The summed E-state index contributed by atoms with van der Waals surface area (Å²) in [6, 6.07) is 8.69. The SMILES string of the molecule is CCC(CC)(CC)NCC1CNc2ccccc2C1. The van der Waals surface area contributed by atoms with Gasteiger partial charge in [0.05, 0.1) is 0 Å². The molecule has 0 bridgehead atoms. The number of fused-ring (bicyclic) bond motifs is 1. The topological polar surface area (TPSA) is 24.1 Å². The lowest BCUT2D eigenvalue weighted by Gasteiger charge is -2.35. The Morgan fingerprint density at radius 2 is 1.84 bits per heavy atom. The molecule has 1 heterocycles. The van der Waals surface area contributed by atoms with Crippen LogP contribution in [0.5, 0.6) is 0 Å². The third-order valence-corrected chi connectivity index (χ3v) is 4.90. The minimum atomic E-state index is 0.344. The number of anilines is 1. The highest BCUT2D eigenvalue weighted by Crippen LogP contribution is 2.25. The molecule has 106 valence electrons. The lowest BCUT2D eigenvalue weighted by Crippen LogP contribution is -2.47. The van der Waals surface area contributed by atoms with Gasteiger partial charge in [0.25, 0.3) is 0 Å². The molecule has 0 fully saturated rings. The molecule has 1 aromatic carbocycles. The fraction of sp³-hybridized carbons (Fsp3) is 0.647. The molecular formula is C17H28N2. The average molecular weight is 260 g/mol. The second-order valence-electron chi connectivity index (χ2n) is 5.83. The first-order valence-corrected chi connectivity index (χ1v) is 7.79. The third-order valence-electron chi connectivity index (χ3n) is 4.90. The van der Waals surface area contributed by atoms with Crippen molar-refractivity contribution in [1.82, 2.24) is 5.32 Å². The van der Waals surface area contributed by atoms with E-state index in [0.717, 1.165) is 13.1 Å². The zero-order valence-electron chi connectivity index (χ0n) is 12.6. The van der Waals surface area contributed by atoms with Crippen LogP contribution < -0.4 is 10.6 Å². The predicted molar refractivity (Wildman–Crippen MR) is 83.7 cm³/mol. The largest absolute Gasteiger partial charge is 0.384 e. The van der Waals surface area contributed by atoms with E-state index in [2.05, 4.69) is 55.7 Å². The monoisotopic (exact) mass is 260 g/mol. The van der Waals surface area contributed by atoms with Crippen LogP contribution in [0.3, 0.4) is 0 Å². The number of hydrogen-bond acceptors (Lipinski definition) is 2. The van der Waals surface area contributed by atoms with Crippen molar-refractivity contribution in [3.8, 4) is 0 Å². The van der Waals surface area contributed by atoms with Crippen molar-refractivity contribution < 1.29 is 0 Å². The van der Waals surface area contributed by atoms with E-state index in [0.29, 0.717) is 11.5 Å². The second-order valence-corrected chi connectivity index (χ2v) is 5.83. The van der Waals surface area contributed by atoms with Crippen molar-refractivity contribution >= 4 is 5.69 Å². The number of nitrogens with one attached hydrogen (secondary N) is 2. The van der Waals surface area contributed by atoms with Gasteiger partial charge < -0.3 is 10.6 Å². The fourth-order valence-corrected chi connectivity index (χ4v) is 3.14. The summed E-state index contributed by atoms with van der Waals surface area (Å²) in [5.74, 6) is 0.707. The molecule has 0 aliphatic carbocycles. The first-order chi connectivity index (χ1) is 9.23. The van der Waals surface area contributed by atoms with Crippen LogP contribution in [-0.4, -0.2) is 18.6 Å². The quantitative estimate of drug-likeness (QED) is 0.812. The number of para-hydroxylation sites is 1. The molecule has 2 nitrogen and oxygen atoms in total. The van der Waals surface area contributed by atoms with Crippen molar-refractivity contribution in [2.75, 3.05) is 18.4 Å². The van der Waals surface area contributed by atoms with Crippen molar-refractivity contribution in [3.05, 3.63) is 29.8 Å². The van der Waals surface area contributed by atoms with E-state index < -0.39 is 0 Å². The Labute approximate surface area is 118 Å². The molecule has 0 amide bonds. The summed E-state index contributed by atoms with van der Waals surface area (Å²) in [5, 5.41) is 7.41. The Bertz CT molecular complexity index is 388. The van der Waals surface area contributed by atoms with Gasteiger partial charge in [0.1, 0.15) is 0 Å². The second kappa shape index (κ2) is 6.42. The van der Waals surface area contributed by atoms with Gasteiger partial charge in [-0.1, -0.05) is 39.0 Å². The van der Waals surface area contributed by atoms with Crippen LogP contribution in [0.4, 0.5) is 5.69 Å². The van der Waals surface area contributed by atoms with Gasteiger partial charge >= 0.3 is 0 Å². The summed E-state index contributed by atoms with van der Waals surface area (Å²) in [7, 11) is 0. The first kappa shape index (κ1) is 14.4. The Balaban J connectivity index is 1.92. The lowest BCUT2D eigenvalue weighted by atomic mass is 9.87. The molecule has 2 rings (SSSR count). The average Bonchev–Trinajstić information content (AvgIpc) is 2.49. The van der Waals surface area contributed by atoms with E-state index >= 15 is 0 Å². The van der Waals surface area contributed by atoms with E-state index in [4.69, 9.17) is 0 Å². The Hall–Kier alpha value is -1.02. The molecule has 0 aromatic heterocycles. The molecular weight excluding hydrogens is 232 g/mol. The van der Waals surface area contributed by atoms with Crippen molar-refractivity contribution in [2.45, 2.75) is 52.0 Å². The summed E-state index contributed by atoms with van der Waals surface area (Å²) in [4.78, 5) is 0. The van der Waals surface area contributed by atoms with E-state index in [1.807, 2.05) is 0 Å². The highest BCUT2D eigenvalue weighted by molar-refractivity contribution is 5.53. The fourth-order valence-electron chi connectivity index (χ4n) is 3.14. The van der Waals surface area contributed by atoms with Gasteiger partial charge in [-0.25, -0.2) is 0 Å². The highest BCUT2D eigenvalue weighted by Gasteiger charge is 2.25. The smallest absolute Gasteiger partial charge is 0.0372 e.